The standard InChI is InChI=1S/C13H22Cl2O/c14-13(15)9-5-6-10-16-12(13)11-7-3-1-2-4-8-11/h11-12H,1-10H2. The van der Waals surface area contributed by atoms with Crippen LogP contribution in [0.3, 0.4) is 0 Å². The Morgan fingerprint density at radius 2 is 1.56 bits per heavy atom. The third-order valence-electron chi connectivity index (χ3n) is 3.95. The monoisotopic (exact) mass is 264 g/mol. The number of hydrogen-bond acceptors (Lipinski definition) is 1. The quantitative estimate of drug-likeness (QED) is 0.493. The highest BCUT2D eigenvalue weighted by Crippen LogP contribution is 2.42. The van der Waals surface area contributed by atoms with Crippen LogP contribution in [0.25, 0.3) is 0 Å². The van der Waals surface area contributed by atoms with E-state index in [2.05, 4.69) is 0 Å². The van der Waals surface area contributed by atoms with E-state index >= 15 is 0 Å². The third kappa shape index (κ3) is 3.27. The first-order chi connectivity index (χ1) is 7.70. The second-order valence-corrected chi connectivity index (χ2v) is 6.80. The Bertz CT molecular complexity index is 210. The van der Waals surface area contributed by atoms with Crippen molar-refractivity contribution in [1.29, 1.82) is 0 Å². The molecule has 1 atom stereocenters. The predicted octanol–water partition coefficient (Wildman–Crippen LogP) is 4.70. The van der Waals surface area contributed by atoms with Gasteiger partial charge in [0.05, 0.1) is 6.10 Å². The largest absolute Gasteiger partial charge is 0.375 e. The van der Waals surface area contributed by atoms with Crippen LogP contribution < -0.4 is 0 Å². The molecule has 1 saturated carbocycles. The van der Waals surface area contributed by atoms with Crippen LogP contribution in [0.1, 0.15) is 57.8 Å². The fourth-order valence-corrected chi connectivity index (χ4v) is 3.78. The minimum Gasteiger partial charge on any atom is -0.375 e. The minimum absolute atomic E-state index is 0.0661. The van der Waals surface area contributed by atoms with Crippen LogP contribution in [0.15, 0.2) is 0 Å². The molecule has 2 fully saturated rings. The first-order valence-electron chi connectivity index (χ1n) is 6.69. The average molecular weight is 265 g/mol. The lowest BCUT2D eigenvalue weighted by atomic mass is 9.90. The van der Waals surface area contributed by atoms with Crippen molar-refractivity contribution in [2.45, 2.75) is 68.2 Å². The van der Waals surface area contributed by atoms with Crippen molar-refractivity contribution in [3.63, 3.8) is 0 Å². The maximum atomic E-state index is 6.47. The Morgan fingerprint density at radius 1 is 0.875 bits per heavy atom. The molecule has 1 unspecified atom stereocenters. The molecule has 0 radical (unpaired) electrons. The molecule has 1 saturated heterocycles. The van der Waals surface area contributed by atoms with E-state index in [1.807, 2.05) is 0 Å². The lowest BCUT2D eigenvalue weighted by Crippen LogP contribution is -2.39. The van der Waals surface area contributed by atoms with E-state index in [0.29, 0.717) is 5.92 Å². The smallest absolute Gasteiger partial charge is 0.144 e. The topological polar surface area (TPSA) is 9.23 Å². The highest BCUT2D eigenvalue weighted by Gasteiger charge is 2.41. The van der Waals surface area contributed by atoms with Crippen molar-refractivity contribution in [3.8, 4) is 0 Å². The first kappa shape index (κ1) is 13.0. The Morgan fingerprint density at radius 3 is 2.25 bits per heavy atom. The van der Waals surface area contributed by atoms with Gasteiger partial charge in [0, 0.05) is 6.61 Å². The van der Waals surface area contributed by atoms with E-state index in [0.717, 1.165) is 25.9 Å². The van der Waals surface area contributed by atoms with E-state index in [9.17, 15) is 0 Å². The molecule has 3 heteroatoms. The number of halogens is 2. The summed E-state index contributed by atoms with van der Waals surface area (Å²) in [5, 5.41) is 0. The highest BCUT2D eigenvalue weighted by atomic mass is 35.5. The third-order valence-corrected chi connectivity index (χ3v) is 4.75. The van der Waals surface area contributed by atoms with Gasteiger partial charge >= 0.3 is 0 Å². The van der Waals surface area contributed by atoms with Crippen molar-refractivity contribution < 1.29 is 4.74 Å². The molecule has 0 bridgehead atoms. The predicted molar refractivity (Wildman–Crippen MR) is 69.2 cm³/mol. The zero-order valence-electron chi connectivity index (χ0n) is 9.89. The molecule has 2 aliphatic rings. The molecule has 0 aromatic carbocycles. The summed E-state index contributed by atoms with van der Waals surface area (Å²) in [6, 6.07) is 0. The molecule has 0 amide bonds. The second kappa shape index (κ2) is 5.93. The molecule has 1 heterocycles. The second-order valence-electron chi connectivity index (χ2n) is 5.26. The van der Waals surface area contributed by atoms with E-state index < -0.39 is 4.33 Å². The van der Waals surface area contributed by atoms with Crippen LogP contribution in [0.4, 0.5) is 0 Å². The first-order valence-corrected chi connectivity index (χ1v) is 7.45. The van der Waals surface area contributed by atoms with E-state index in [1.165, 1.54) is 38.5 Å². The van der Waals surface area contributed by atoms with Crippen LogP contribution >= 0.6 is 23.2 Å². The van der Waals surface area contributed by atoms with Crippen LogP contribution in [0.5, 0.6) is 0 Å². The van der Waals surface area contributed by atoms with Gasteiger partial charge in [0.15, 0.2) is 0 Å². The molecule has 0 aromatic heterocycles. The summed E-state index contributed by atoms with van der Waals surface area (Å²) in [5.74, 6) is 0.579. The van der Waals surface area contributed by atoms with Crippen molar-refractivity contribution in [2.75, 3.05) is 6.61 Å². The fraction of sp³-hybridized carbons (Fsp3) is 1.00. The Balaban J connectivity index is 2.02. The van der Waals surface area contributed by atoms with Crippen LogP contribution in [-0.4, -0.2) is 17.0 Å². The summed E-state index contributed by atoms with van der Waals surface area (Å²) >= 11 is 12.9. The summed E-state index contributed by atoms with van der Waals surface area (Å²) in [6.07, 6.45) is 11.0. The summed E-state index contributed by atoms with van der Waals surface area (Å²) in [6.45, 7) is 0.836. The van der Waals surface area contributed by atoms with Crippen LogP contribution in [0, 0.1) is 5.92 Å². The molecular formula is C13H22Cl2O. The van der Waals surface area contributed by atoms with Crippen molar-refractivity contribution in [3.05, 3.63) is 0 Å². The van der Waals surface area contributed by atoms with Gasteiger partial charge in [-0.1, -0.05) is 48.9 Å². The molecule has 94 valence electrons. The zero-order chi connectivity index (χ0) is 11.4. The molecule has 16 heavy (non-hydrogen) atoms. The van der Waals surface area contributed by atoms with Gasteiger partial charge in [0.1, 0.15) is 4.33 Å². The van der Waals surface area contributed by atoms with Gasteiger partial charge < -0.3 is 4.74 Å². The highest BCUT2D eigenvalue weighted by molar-refractivity contribution is 6.48. The summed E-state index contributed by atoms with van der Waals surface area (Å²) in [5.41, 5.74) is 0. The summed E-state index contributed by atoms with van der Waals surface area (Å²) in [4.78, 5) is 0. The fourth-order valence-electron chi connectivity index (χ4n) is 3.03. The van der Waals surface area contributed by atoms with E-state index in [1.54, 1.807) is 0 Å². The van der Waals surface area contributed by atoms with E-state index in [-0.39, 0.29) is 6.10 Å². The number of alkyl halides is 2. The van der Waals surface area contributed by atoms with Crippen molar-refractivity contribution in [1.82, 2.24) is 0 Å². The van der Waals surface area contributed by atoms with Gasteiger partial charge in [0.2, 0.25) is 0 Å². The summed E-state index contributed by atoms with van der Waals surface area (Å²) < 4.78 is 5.30. The van der Waals surface area contributed by atoms with Crippen LogP contribution in [0.2, 0.25) is 0 Å². The van der Waals surface area contributed by atoms with Gasteiger partial charge in [-0.3, -0.25) is 0 Å². The van der Waals surface area contributed by atoms with Gasteiger partial charge in [-0.05, 0) is 38.0 Å². The van der Waals surface area contributed by atoms with Gasteiger partial charge in [-0.2, -0.15) is 0 Å². The maximum Gasteiger partial charge on any atom is 0.144 e. The Labute approximate surface area is 109 Å². The van der Waals surface area contributed by atoms with Crippen molar-refractivity contribution >= 4 is 23.2 Å². The minimum atomic E-state index is -0.647. The lowest BCUT2D eigenvalue weighted by molar-refractivity contribution is 0.00619. The van der Waals surface area contributed by atoms with Gasteiger partial charge in [-0.25, -0.2) is 0 Å². The normalized spacial score (nSPS) is 33.0. The maximum absolute atomic E-state index is 6.47. The number of rotatable bonds is 1. The SMILES string of the molecule is ClC1(Cl)CCCCOC1C1CCCCCC1. The molecule has 1 aliphatic carbocycles. The summed E-state index contributed by atoms with van der Waals surface area (Å²) in [7, 11) is 0. The van der Waals surface area contributed by atoms with Crippen molar-refractivity contribution in [2.24, 2.45) is 5.92 Å². The number of hydrogen-bond donors (Lipinski definition) is 0. The molecule has 0 aromatic rings. The molecule has 1 aliphatic heterocycles. The molecule has 0 N–H and O–H groups in total. The van der Waals surface area contributed by atoms with Gasteiger partial charge in [0.25, 0.3) is 0 Å². The zero-order valence-corrected chi connectivity index (χ0v) is 11.4. The molecule has 1 nitrogen and oxygen atoms in total. The Kier molecular flexibility index (Phi) is 4.81. The van der Waals surface area contributed by atoms with E-state index in [4.69, 9.17) is 27.9 Å². The van der Waals surface area contributed by atoms with Crippen LogP contribution in [-0.2, 0) is 4.74 Å². The molecule has 0 spiro atoms. The lowest BCUT2D eigenvalue weighted by Gasteiger charge is -2.34. The molecular weight excluding hydrogens is 243 g/mol. The molecule has 2 rings (SSSR count). The van der Waals surface area contributed by atoms with Gasteiger partial charge in [-0.15, -0.1) is 0 Å². The number of ether oxygens (including phenoxy) is 1. The Hall–Kier alpha value is 0.540. The average Bonchev–Trinajstić information content (AvgIpc) is 2.58.